The molecule has 0 unspecified atom stereocenters. The number of aryl methyl sites for hydroxylation is 4. The number of hydrogen-bond donors (Lipinski definition) is 2. The predicted octanol–water partition coefficient (Wildman–Crippen LogP) is 14.2. The van der Waals surface area contributed by atoms with Gasteiger partial charge < -0.3 is 39.4 Å². The van der Waals surface area contributed by atoms with E-state index in [0.717, 1.165) is 50.6 Å². The number of alkyl halides is 6. The molecule has 0 bridgehead atoms. The molecule has 12 aromatic rings. The predicted molar refractivity (Wildman–Crippen MR) is 392 cm³/mol. The number of nitrogens with two attached hydrogens (primary N) is 1. The number of likely N-dealkylation sites (N-methyl/N-ethyl adjacent to an activating group) is 2. The third-order valence-corrected chi connectivity index (χ3v) is 22.8. The van der Waals surface area contributed by atoms with Crippen LogP contribution in [0.15, 0.2) is 194 Å². The van der Waals surface area contributed by atoms with E-state index < -0.39 is 76.0 Å². The zero-order valence-electron chi connectivity index (χ0n) is 60.0. The number of nitrogens with one attached hydrogen (secondary N) is 1. The maximum atomic E-state index is 14.6. The molecule has 0 spiro atoms. The number of hydrogen-bond acceptors (Lipinski definition) is 22. The van der Waals surface area contributed by atoms with Crippen molar-refractivity contribution in [3.8, 4) is 45.0 Å². The second-order valence-corrected chi connectivity index (χ2v) is 31.4. The summed E-state index contributed by atoms with van der Waals surface area (Å²) in [6.45, 7) is 11.8. The van der Waals surface area contributed by atoms with E-state index in [1.807, 2.05) is 74.5 Å². The monoisotopic (exact) mass is 1570 g/mol. The largest absolute Gasteiger partial charge is 0.445 e. The molecule has 2 fully saturated rings. The standard InChI is InChI=1S/C37H34F3N7O5S.C24H18F3N5O5S2.C14H20N2O2/c1-4-46(36(48)51-21-24-11-7-5-8-12-24)31-18-17-29(31)43-35-41-19-28(37(38,39)40)33(44-35)27-20-47(53(49,50)25-13-9-6-10-14-25)34-26(27)15-16-30(42-34)32-22(2)45-52-23(32)3;1-13-20(14(2)37-31-13)19-10-9-16-17(21-18(24(25,26)27)11-28-23(30-21)38(3,33)34)12-32(22(16)29-19)39(35,36)15-7-5-4-6-8-15;1-2-16(13-9-8-12(13)15)14(17)18-10-11-6-4-3-5-7-11/h5-16,19-20,29,31H,4,17-18,21H2,1-3H3,(H,41,43,44);4-12H,1-3H3;3-7,12-13H,2,8-10,15H2,1H3/t29-,31-;;12-,13-/m0.0/s1. The Bertz CT molecular complexity index is 5700. The molecule has 4 atom stereocenters. The molecule has 4 aromatic carbocycles. The van der Waals surface area contributed by atoms with Crippen LogP contribution >= 0.6 is 0 Å². The third kappa shape index (κ3) is 16.3. The number of carbonyl (C=O) groups excluding carboxylic acids is 2. The van der Waals surface area contributed by atoms with Crippen LogP contribution in [0.2, 0.25) is 0 Å². The number of nitrogens with zero attached hydrogens (tertiary/aromatic N) is 12. The van der Waals surface area contributed by atoms with E-state index in [-0.39, 0.29) is 91.5 Å². The topological polar surface area (TPSA) is 339 Å². The normalized spacial score (nSPS) is 15.8. The zero-order valence-corrected chi connectivity index (χ0v) is 62.4. The molecule has 574 valence electrons. The minimum Gasteiger partial charge on any atom is -0.445 e. The molecular weight excluding hydrogens is 1500 g/mol. The van der Waals surface area contributed by atoms with Crippen LogP contribution in [0, 0.1) is 27.7 Å². The van der Waals surface area contributed by atoms with Crippen LogP contribution in [-0.2, 0) is 64.9 Å². The maximum Gasteiger partial charge on any atom is 0.419 e. The highest BCUT2D eigenvalue weighted by atomic mass is 32.2. The first-order chi connectivity index (χ1) is 52.3. The van der Waals surface area contributed by atoms with Gasteiger partial charge in [-0.2, -0.15) is 26.3 Å². The van der Waals surface area contributed by atoms with Gasteiger partial charge in [0.1, 0.15) is 35.9 Å². The summed E-state index contributed by atoms with van der Waals surface area (Å²) in [7, 11) is -12.8. The number of aromatic nitrogens is 10. The lowest BCUT2D eigenvalue weighted by Crippen LogP contribution is -2.56. The number of sulfone groups is 1. The smallest absolute Gasteiger partial charge is 0.419 e. The molecule has 2 aliphatic rings. The van der Waals surface area contributed by atoms with Gasteiger partial charge in [-0.15, -0.1) is 0 Å². The molecule has 110 heavy (non-hydrogen) atoms. The summed E-state index contributed by atoms with van der Waals surface area (Å²) >= 11 is 0. The minimum absolute atomic E-state index is 0.0198. The van der Waals surface area contributed by atoms with Crippen LogP contribution in [0.1, 0.15) is 84.7 Å². The molecule has 0 aliphatic heterocycles. The first kappa shape index (κ1) is 78.2. The molecule has 2 aliphatic carbocycles. The lowest BCUT2D eigenvalue weighted by molar-refractivity contribution is -0.138. The summed E-state index contributed by atoms with van der Waals surface area (Å²) in [4.78, 5) is 52.7. The molecule has 35 heteroatoms. The number of ether oxygens (including phenoxy) is 2. The fourth-order valence-corrected chi connectivity index (χ4v) is 16.0. The van der Waals surface area contributed by atoms with Gasteiger partial charge >= 0.3 is 24.5 Å². The van der Waals surface area contributed by atoms with E-state index in [1.165, 1.54) is 54.6 Å². The average Bonchev–Trinajstić information content (AvgIpc) is 1.59. The Labute approximate surface area is 627 Å². The Morgan fingerprint density at radius 2 is 0.955 bits per heavy atom. The molecular formula is C75H72F6N14O12S3. The van der Waals surface area contributed by atoms with Crippen LogP contribution in [0.5, 0.6) is 0 Å². The highest BCUT2D eigenvalue weighted by Crippen LogP contribution is 2.44. The van der Waals surface area contributed by atoms with Crippen molar-refractivity contribution < 1.29 is 79.7 Å². The van der Waals surface area contributed by atoms with Gasteiger partial charge in [0, 0.05) is 78.1 Å². The first-order valence-electron chi connectivity index (χ1n) is 34.4. The van der Waals surface area contributed by atoms with Crippen molar-refractivity contribution in [3.05, 3.63) is 216 Å². The fraction of sp³-hybridized carbons (Fsp3) is 0.280. The van der Waals surface area contributed by atoms with Crippen molar-refractivity contribution in [3.63, 3.8) is 0 Å². The van der Waals surface area contributed by atoms with E-state index in [2.05, 4.69) is 45.5 Å². The Balaban J connectivity index is 0.000000172. The summed E-state index contributed by atoms with van der Waals surface area (Å²) < 4.78 is 189. The van der Waals surface area contributed by atoms with Crippen LogP contribution < -0.4 is 11.1 Å². The lowest BCUT2D eigenvalue weighted by Gasteiger charge is -2.43. The molecule has 0 radical (unpaired) electrons. The second-order valence-electron chi connectivity index (χ2n) is 25.8. The fourth-order valence-electron chi connectivity index (χ4n) is 12.8. The van der Waals surface area contributed by atoms with Crippen molar-refractivity contribution in [1.29, 1.82) is 0 Å². The van der Waals surface area contributed by atoms with E-state index in [4.69, 9.17) is 24.3 Å². The summed E-state index contributed by atoms with van der Waals surface area (Å²) in [5, 5.41) is 10.2. The van der Waals surface area contributed by atoms with E-state index in [0.29, 0.717) is 84.7 Å². The molecule has 0 saturated heterocycles. The van der Waals surface area contributed by atoms with Crippen LogP contribution in [0.4, 0.5) is 41.9 Å². The number of carbonyl (C=O) groups is 2. The highest BCUT2D eigenvalue weighted by Gasteiger charge is 2.42. The van der Waals surface area contributed by atoms with E-state index in [9.17, 15) is 61.2 Å². The van der Waals surface area contributed by atoms with E-state index in [1.54, 1.807) is 67.8 Å². The number of benzene rings is 4. The number of fused-ring (bicyclic) bond motifs is 2. The first-order valence-corrected chi connectivity index (χ1v) is 39.1. The summed E-state index contributed by atoms with van der Waals surface area (Å²) in [5.74, 6) is 0.713. The Morgan fingerprint density at radius 1 is 0.545 bits per heavy atom. The van der Waals surface area contributed by atoms with Crippen LogP contribution in [0.25, 0.3) is 67.1 Å². The van der Waals surface area contributed by atoms with Crippen molar-refractivity contribution in [2.45, 2.75) is 132 Å². The van der Waals surface area contributed by atoms with Crippen molar-refractivity contribution in [1.82, 2.24) is 58.0 Å². The number of anilines is 1. The second kappa shape index (κ2) is 31.6. The Kier molecular flexibility index (Phi) is 22.5. The molecule has 8 heterocycles. The van der Waals surface area contributed by atoms with Gasteiger partial charge in [0.2, 0.25) is 20.9 Å². The van der Waals surface area contributed by atoms with Gasteiger partial charge in [0.05, 0.1) is 67.2 Å². The van der Waals surface area contributed by atoms with Crippen molar-refractivity contribution in [2.75, 3.05) is 24.7 Å². The highest BCUT2D eigenvalue weighted by molar-refractivity contribution is 7.90. The van der Waals surface area contributed by atoms with Crippen LogP contribution in [0.3, 0.4) is 0 Å². The molecule has 3 N–H and O–H groups in total. The van der Waals surface area contributed by atoms with Gasteiger partial charge in [0.15, 0.2) is 11.3 Å². The SMILES string of the molecule is CCN(C(=O)OCc1ccccc1)[C@H]1CC[C@@H]1N.CCN(C(=O)OCc1ccccc1)[C@H]1CC[C@@H]1Nc1ncc(C(F)(F)F)c(-c2cn(S(=O)(=O)c3ccccc3)c3nc(-c4c(C)noc4C)ccc23)n1.Cc1noc(C)c1-c1ccc2c(-c3nc(S(C)(=O)=O)ncc3C(F)(F)F)cn(S(=O)(=O)c3ccccc3)c2n1. The summed E-state index contributed by atoms with van der Waals surface area (Å²) in [6.07, 6.45) is -3.63. The molecule has 2 saturated carbocycles. The van der Waals surface area contributed by atoms with Crippen LogP contribution in [-0.4, -0.2) is 139 Å². The number of rotatable bonds is 19. The molecule has 26 nitrogen and oxygen atoms in total. The number of halogens is 6. The molecule has 2 amide bonds. The molecule has 14 rings (SSSR count). The number of amides is 2. The number of pyridine rings is 2. The summed E-state index contributed by atoms with van der Waals surface area (Å²) in [5.41, 5.74) is 5.69. The quantitative estimate of drug-likeness (QED) is 0.0561. The van der Waals surface area contributed by atoms with Gasteiger partial charge in [0.25, 0.3) is 20.0 Å². The van der Waals surface area contributed by atoms with E-state index >= 15 is 0 Å². The average molecular weight is 1570 g/mol. The maximum absolute atomic E-state index is 14.6. The Morgan fingerprint density at radius 3 is 1.32 bits per heavy atom. The van der Waals surface area contributed by atoms with Gasteiger partial charge in [-0.25, -0.2) is 72.7 Å². The van der Waals surface area contributed by atoms with Crippen molar-refractivity contribution in [2.24, 2.45) is 5.73 Å². The van der Waals surface area contributed by atoms with Gasteiger partial charge in [-0.1, -0.05) is 107 Å². The molecule has 8 aromatic heterocycles. The van der Waals surface area contributed by atoms with Crippen molar-refractivity contribution >= 4 is 70.1 Å². The summed E-state index contributed by atoms with van der Waals surface area (Å²) in [6, 6.07) is 39.2. The zero-order chi connectivity index (χ0) is 78.8. The lowest BCUT2D eigenvalue weighted by atomic mass is 9.85. The minimum atomic E-state index is -4.98. The van der Waals surface area contributed by atoms with Gasteiger partial charge in [-0.3, -0.25) is 0 Å². The third-order valence-electron chi connectivity index (χ3n) is 18.6. The Hall–Kier alpha value is -11.4. The van der Waals surface area contributed by atoms with Gasteiger partial charge in [-0.05, 0) is 127 Å².